The Kier molecular flexibility index (Phi) is 4.54. The molecule has 130 valence electrons. The monoisotopic (exact) mass is 338 g/mol. The zero-order valence-corrected chi connectivity index (χ0v) is 14.0. The van der Waals surface area contributed by atoms with Gasteiger partial charge in [0.15, 0.2) is 0 Å². The lowest BCUT2D eigenvalue weighted by Gasteiger charge is -2.26. The fourth-order valence-electron chi connectivity index (χ4n) is 3.14. The molecule has 1 saturated heterocycles. The van der Waals surface area contributed by atoms with Crippen LogP contribution in [0.2, 0.25) is 0 Å². The third kappa shape index (κ3) is 3.92. The first-order valence-electron chi connectivity index (χ1n) is 8.60. The van der Waals surface area contributed by atoms with Gasteiger partial charge in [0.1, 0.15) is 0 Å². The Balaban J connectivity index is 1.36. The molecular weight excluding hydrogens is 316 g/mol. The highest BCUT2D eigenvalue weighted by atomic mass is 16.5. The molecule has 0 bridgehead atoms. The van der Waals surface area contributed by atoms with Gasteiger partial charge in [0.05, 0.1) is 24.2 Å². The molecule has 0 saturated carbocycles. The molecule has 6 heteroatoms. The van der Waals surface area contributed by atoms with Gasteiger partial charge in [-0.1, -0.05) is 18.2 Å². The van der Waals surface area contributed by atoms with Crippen LogP contribution < -0.4 is 11.0 Å². The summed E-state index contributed by atoms with van der Waals surface area (Å²) in [4.78, 5) is 19.3. The van der Waals surface area contributed by atoms with Crippen molar-refractivity contribution in [1.82, 2.24) is 14.9 Å². The zero-order chi connectivity index (χ0) is 17.1. The van der Waals surface area contributed by atoms with E-state index in [4.69, 9.17) is 4.74 Å². The van der Waals surface area contributed by atoms with Crippen molar-refractivity contribution in [3.05, 3.63) is 64.1 Å². The lowest BCUT2D eigenvalue weighted by molar-refractivity contribution is 0.0342. The van der Waals surface area contributed by atoms with Crippen molar-refractivity contribution < 1.29 is 4.74 Å². The van der Waals surface area contributed by atoms with Crippen molar-refractivity contribution in [3.8, 4) is 0 Å². The van der Waals surface area contributed by atoms with Gasteiger partial charge in [-0.2, -0.15) is 0 Å². The molecule has 25 heavy (non-hydrogen) atoms. The van der Waals surface area contributed by atoms with E-state index in [1.165, 1.54) is 5.56 Å². The number of H-pyrrole nitrogens is 2. The number of hydrogen-bond acceptors (Lipinski definition) is 4. The second kappa shape index (κ2) is 7.13. The van der Waals surface area contributed by atoms with Gasteiger partial charge in [-0.05, 0) is 35.4 Å². The van der Waals surface area contributed by atoms with Crippen molar-refractivity contribution in [2.45, 2.75) is 13.1 Å². The third-order valence-corrected chi connectivity index (χ3v) is 4.54. The van der Waals surface area contributed by atoms with E-state index < -0.39 is 0 Å². The van der Waals surface area contributed by atoms with Crippen molar-refractivity contribution in [3.63, 3.8) is 0 Å². The highest BCUT2D eigenvalue weighted by molar-refractivity contribution is 5.75. The SMILES string of the molecule is O=c1[nH]c2ccc(CNc3ccc(CN4CCOCC4)cc3)cc2[nH]1. The van der Waals surface area contributed by atoms with E-state index in [-0.39, 0.29) is 5.69 Å². The molecule has 6 nitrogen and oxygen atoms in total. The topological polar surface area (TPSA) is 73.2 Å². The lowest BCUT2D eigenvalue weighted by Crippen LogP contribution is -2.35. The third-order valence-electron chi connectivity index (χ3n) is 4.54. The summed E-state index contributed by atoms with van der Waals surface area (Å²) >= 11 is 0. The van der Waals surface area contributed by atoms with Gasteiger partial charge in [0, 0.05) is 31.9 Å². The summed E-state index contributed by atoms with van der Waals surface area (Å²) in [6.45, 7) is 5.35. The molecule has 0 atom stereocenters. The first-order chi connectivity index (χ1) is 12.3. The van der Waals surface area contributed by atoms with E-state index in [1.54, 1.807) is 0 Å². The summed E-state index contributed by atoms with van der Waals surface area (Å²) in [5, 5.41) is 3.43. The van der Waals surface area contributed by atoms with Gasteiger partial charge in [-0.15, -0.1) is 0 Å². The molecule has 1 fully saturated rings. The summed E-state index contributed by atoms with van der Waals surface area (Å²) in [5.74, 6) is 0. The average molecular weight is 338 g/mol. The van der Waals surface area contributed by atoms with Crippen molar-refractivity contribution in [2.24, 2.45) is 0 Å². The van der Waals surface area contributed by atoms with E-state index in [2.05, 4.69) is 44.5 Å². The maximum Gasteiger partial charge on any atom is 0.323 e. The van der Waals surface area contributed by atoms with E-state index >= 15 is 0 Å². The molecule has 0 amide bonds. The van der Waals surface area contributed by atoms with Crippen LogP contribution in [-0.2, 0) is 17.8 Å². The first kappa shape index (κ1) is 15.9. The molecule has 0 radical (unpaired) electrons. The molecule has 1 aliphatic rings. The van der Waals surface area contributed by atoms with Crippen LogP contribution in [0.25, 0.3) is 11.0 Å². The van der Waals surface area contributed by atoms with E-state index in [1.807, 2.05) is 18.2 Å². The molecule has 0 spiro atoms. The second-order valence-corrected chi connectivity index (χ2v) is 6.40. The van der Waals surface area contributed by atoms with Crippen LogP contribution >= 0.6 is 0 Å². The lowest BCUT2D eigenvalue weighted by atomic mass is 10.1. The van der Waals surface area contributed by atoms with Crippen LogP contribution in [0.15, 0.2) is 47.3 Å². The Morgan fingerprint density at radius 2 is 1.68 bits per heavy atom. The molecule has 0 aliphatic carbocycles. The smallest absolute Gasteiger partial charge is 0.323 e. The van der Waals surface area contributed by atoms with Crippen LogP contribution in [0.1, 0.15) is 11.1 Å². The Morgan fingerprint density at radius 1 is 0.960 bits per heavy atom. The van der Waals surface area contributed by atoms with Gasteiger partial charge in [0.25, 0.3) is 0 Å². The molecule has 2 aromatic carbocycles. The molecular formula is C19H22N4O2. The summed E-state index contributed by atoms with van der Waals surface area (Å²) in [7, 11) is 0. The Hall–Kier alpha value is -2.57. The molecule has 3 N–H and O–H groups in total. The predicted octanol–water partition coefficient (Wildman–Crippen LogP) is 2.30. The number of imidazole rings is 1. The number of fused-ring (bicyclic) bond motifs is 1. The Bertz CT molecular complexity index is 892. The number of aromatic nitrogens is 2. The largest absolute Gasteiger partial charge is 0.381 e. The maximum atomic E-state index is 11.3. The van der Waals surface area contributed by atoms with Crippen LogP contribution in [-0.4, -0.2) is 41.2 Å². The van der Waals surface area contributed by atoms with Gasteiger partial charge in [-0.3, -0.25) is 4.90 Å². The minimum absolute atomic E-state index is 0.170. The normalized spacial score (nSPS) is 15.5. The Labute approximate surface area is 145 Å². The number of benzene rings is 2. The van der Waals surface area contributed by atoms with Crippen molar-refractivity contribution in [1.29, 1.82) is 0 Å². The molecule has 2 heterocycles. The minimum atomic E-state index is -0.170. The molecule has 1 aromatic heterocycles. The number of ether oxygens (including phenoxy) is 1. The van der Waals surface area contributed by atoms with E-state index in [0.29, 0.717) is 6.54 Å². The quantitative estimate of drug-likeness (QED) is 0.667. The maximum absolute atomic E-state index is 11.3. The number of morpholine rings is 1. The molecule has 0 unspecified atom stereocenters. The van der Waals surface area contributed by atoms with E-state index in [9.17, 15) is 4.79 Å². The van der Waals surface area contributed by atoms with Crippen molar-refractivity contribution >= 4 is 16.7 Å². The standard InChI is InChI=1S/C19H22N4O2/c24-19-21-17-6-3-15(11-18(17)22-19)12-20-16-4-1-14(2-5-16)13-23-7-9-25-10-8-23/h1-6,11,20H,7-10,12-13H2,(H2,21,22,24). The average Bonchev–Trinajstić information content (AvgIpc) is 3.01. The second-order valence-electron chi connectivity index (χ2n) is 6.40. The molecule has 4 rings (SSSR count). The van der Waals surface area contributed by atoms with Crippen molar-refractivity contribution in [2.75, 3.05) is 31.6 Å². The fourth-order valence-corrected chi connectivity index (χ4v) is 3.14. The minimum Gasteiger partial charge on any atom is -0.381 e. The number of rotatable bonds is 5. The first-order valence-corrected chi connectivity index (χ1v) is 8.60. The van der Waals surface area contributed by atoms with Crippen LogP contribution in [0.5, 0.6) is 0 Å². The summed E-state index contributed by atoms with van der Waals surface area (Å²) in [5.41, 5.74) is 5.04. The van der Waals surface area contributed by atoms with Crippen LogP contribution in [0, 0.1) is 0 Å². The number of nitrogens with one attached hydrogen (secondary N) is 3. The number of aromatic amines is 2. The zero-order valence-electron chi connectivity index (χ0n) is 14.0. The summed E-state index contributed by atoms with van der Waals surface area (Å²) in [6, 6.07) is 14.5. The molecule has 1 aliphatic heterocycles. The highest BCUT2D eigenvalue weighted by Gasteiger charge is 2.10. The number of hydrogen-bond donors (Lipinski definition) is 3. The Morgan fingerprint density at radius 3 is 2.48 bits per heavy atom. The van der Waals surface area contributed by atoms with Gasteiger partial charge < -0.3 is 20.0 Å². The van der Waals surface area contributed by atoms with Crippen LogP contribution in [0.4, 0.5) is 5.69 Å². The predicted molar refractivity (Wildman–Crippen MR) is 98.8 cm³/mol. The van der Waals surface area contributed by atoms with E-state index in [0.717, 1.165) is 55.1 Å². The van der Waals surface area contributed by atoms with Gasteiger partial charge in [0.2, 0.25) is 0 Å². The highest BCUT2D eigenvalue weighted by Crippen LogP contribution is 2.15. The van der Waals surface area contributed by atoms with Crippen LogP contribution in [0.3, 0.4) is 0 Å². The number of anilines is 1. The van der Waals surface area contributed by atoms with Gasteiger partial charge >= 0.3 is 5.69 Å². The molecule has 3 aromatic rings. The summed E-state index contributed by atoms with van der Waals surface area (Å²) < 4.78 is 5.39. The fraction of sp³-hybridized carbons (Fsp3) is 0.316. The number of nitrogens with zero attached hydrogens (tertiary/aromatic N) is 1. The summed E-state index contributed by atoms with van der Waals surface area (Å²) in [6.07, 6.45) is 0. The van der Waals surface area contributed by atoms with Gasteiger partial charge in [-0.25, -0.2) is 4.79 Å².